The van der Waals surface area contributed by atoms with Crippen LogP contribution in [0.15, 0.2) is 66.4 Å². The number of rotatable bonds is 8. The van der Waals surface area contributed by atoms with E-state index in [0.29, 0.717) is 29.7 Å². The molecule has 5 aromatic rings. The quantitative estimate of drug-likeness (QED) is 0.233. The molecule has 3 aromatic heterocycles. The lowest BCUT2D eigenvalue weighted by atomic mass is 9.96. The van der Waals surface area contributed by atoms with Crippen molar-refractivity contribution in [1.29, 1.82) is 0 Å². The number of pyridine rings is 1. The third kappa shape index (κ3) is 5.20. The highest BCUT2D eigenvalue weighted by molar-refractivity contribution is 5.98. The highest BCUT2D eigenvalue weighted by Crippen LogP contribution is 2.30. The molecule has 2 amide bonds. The van der Waals surface area contributed by atoms with Crippen molar-refractivity contribution in [1.82, 2.24) is 19.4 Å². The van der Waals surface area contributed by atoms with Crippen molar-refractivity contribution in [2.75, 3.05) is 12.8 Å². The molecule has 5 N–H and O–H groups in total. The number of hydrogen-bond acceptors (Lipinski definition) is 4. The van der Waals surface area contributed by atoms with Gasteiger partial charge >= 0.3 is 0 Å². The highest BCUT2D eigenvalue weighted by atomic mass is 16.2. The fraction of sp³-hybridized carbons (Fsp3) is 0.242. The Hall–Kier alpha value is -4.85. The highest BCUT2D eigenvalue weighted by Gasteiger charge is 2.24. The van der Waals surface area contributed by atoms with E-state index >= 15 is 0 Å². The monoisotopic (exact) mass is 548 g/mol. The number of amides is 2. The van der Waals surface area contributed by atoms with Gasteiger partial charge in [0.05, 0.1) is 5.92 Å². The number of hydrogen-bond donors (Lipinski definition) is 3. The number of H-pyrrole nitrogens is 1. The fourth-order valence-corrected chi connectivity index (χ4v) is 5.68. The fourth-order valence-electron chi connectivity index (χ4n) is 5.68. The van der Waals surface area contributed by atoms with Gasteiger partial charge in [-0.3, -0.25) is 9.59 Å². The maximum Gasteiger partial charge on any atom is 0.244 e. The van der Waals surface area contributed by atoms with E-state index in [0.717, 1.165) is 44.3 Å². The van der Waals surface area contributed by atoms with Gasteiger partial charge in [0.15, 0.2) is 0 Å². The number of benzene rings is 2. The summed E-state index contributed by atoms with van der Waals surface area (Å²) in [4.78, 5) is 35.6. The van der Waals surface area contributed by atoms with Crippen molar-refractivity contribution in [3.05, 3.63) is 100 Å². The minimum atomic E-state index is -0.538. The molecule has 3 heterocycles. The molecular formula is C33H36N6O2. The Balaban J connectivity index is 1.42. The molecule has 0 saturated heterocycles. The number of nitrogens with zero attached hydrogens (tertiary/aromatic N) is 3. The summed E-state index contributed by atoms with van der Waals surface area (Å²) in [5, 5.41) is 2.19. The zero-order valence-electron chi connectivity index (χ0n) is 24.2. The number of nitrogens with one attached hydrogen (secondary N) is 1. The van der Waals surface area contributed by atoms with Crippen LogP contribution in [0.5, 0.6) is 0 Å². The maximum absolute atomic E-state index is 13.6. The smallest absolute Gasteiger partial charge is 0.244 e. The summed E-state index contributed by atoms with van der Waals surface area (Å²) >= 11 is 0. The number of anilines is 1. The summed E-state index contributed by atoms with van der Waals surface area (Å²) in [7, 11) is 3.81. The van der Waals surface area contributed by atoms with E-state index in [2.05, 4.69) is 32.7 Å². The van der Waals surface area contributed by atoms with Gasteiger partial charge < -0.3 is 25.9 Å². The molecule has 1 atom stereocenters. The second kappa shape index (κ2) is 11.0. The SMILES string of the molecule is Cc1[nH]c2ccccc2c1CN(C)C(=O)C(C)c1cc(/C=C(\Cc2c(C)n(C)c3ccccc23)C(N)=O)cnc1N. The first-order chi connectivity index (χ1) is 19.6. The summed E-state index contributed by atoms with van der Waals surface area (Å²) in [5.74, 6) is -0.839. The lowest BCUT2D eigenvalue weighted by molar-refractivity contribution is -0.131. The number of nitrogen functional groups attached to an aromatic ring is 1. The molecular weight excluding hydrogens is 512 g/mol. The molecule has 0 saturated carbocycles. The van der Waals surface area contributed by atoms with E-state index in [1.54, 1.807) is 24.2 Å². The van der Waals surface area contributed by atoms with Crippen LogP contribution in [-0.4, -0.2) is 38.3 Å². The normalized spacial score (nSPS) is 12.7. The van der Waals surface area contributed by atoms with Crippen LogP contribution in [0.25, 0.3) is 27.9 Å². The summed E-state index contributed by atoms with van der Waals surface area (Å²) in [6.07, 6.45) is 3.73. The number of primary amides is 1. The first-order valence-corrected chi connectivity index (χ1v) is 13.7. The Labute approximate surface area is 239 Å². The molecule has 41 heavy (non-hydrogen) atoms. The molecule has 0 fully saturated rings. The van der Waals surface area contributed by atoms with Gasteiger partial charge in [0.25, 0.3) is 0 Å². The maximum atomic E-state index is 13.6. The number of para-hydroxylation sites is 2. The van der Waals surface area contributed by atoms with E-state index in [9.17, 15) is 9.59 Å². The zero-order chi connectivity index (χ0) is 29.4. The third-order valence-electron chi connectivity index (χ3n) is 8.16. The van der Waals surface area contributed by atoms with Crippen LogP contribution in [0, 0.1) is 13.8 Å². The van der Waals surface area contributed by atoms with Gasteiger partial charge in [-0.05, 0) is 61.7 Å². The number of aryl methyl sites for hydroxylation is 2. The Morgan fingerprint density at radius 1 is 1.07 bits per heavy atom. The van der Waals surface area contributed by atoms with Crippen molar-refractivity contribution in [3.63, 3.8) is 0 Å². The Morgan fingerprint density at radius 3 is 2.49 bits per heavy atom. The lowest BCUT2D eigenvalue weighted by Gasteiger charge is -2.23. The summed E-state index contributed by atoms with van der Waals surface area (Å²) in [6, 6.07) is 18.0. The number of carbonyl (C=O) groups excluding carboxylic acids is 2. The van der Waals surface area contributed by atoms with Crippen LogP contribution in [-0.2, 0) is 29.6 Å². The van der Waals surface area contributed by atoms with Gasteiger partial charge in [0.1, 0.15) is 5.82 Å². The number of likely N-dealkylation sites (N-methyl/N-ethyl adjacent to an activating group) is 1. The van der Waals surface area contributed by atoms with Crippen molar-refractivity contribution in [2.24, 2.45) is 12.8 Å². The average molecular weight is 549 g/mol. The van der Waals surface area contributed by atoms with Crippen molar-refractivity contribution < 1.29 is 9.59 Å². The molecule has 8 nitrogen and oxygen atoms in total. The van der Waals surface area contributed by atoms with E-state index in [1.807, 2.05) is 64.2 Å². The predicted octanol–water partition coefficient (Wildman–Crippen LogP) is 5.13. The van der Waals surface area contributed by atoms with Gasteiger partial charge in [0.2, 0.25) is 11.8 Å². The van der Waals surface area contributed by atoms with Crippen molar-refractivity contribution in [2.45, 2.75) is 39.7 Å². The number of aromatic nitrogens is 3. The lowest BCUT2D eigenvalue weighted by Crippen LogP contribution is -2.30. The van der Waals surface area contributed by atoms with Gasteiger partial charge in [0, 0.05) is 77.6 Å². The molecule has 210 valence electrons. The van der Waals surface area contributed by atoms with Gasteiger partial charge in [-0.2, -0.15) is 0 Å². The Morgan fingerprint density at radius 2 is 1.76 bits per heavy atom. The molecule has 0 aliphatic carbocycles. The second-order valence-electron chi connectivity index (χ2n) is 10.8. The summed E-state index contributed by atoms with van der Waals surface area (Å²) in [6.45, 7) is 6.35. The first kappa shape index (κ1) is 27.7. The van der Waals surface area contributed by atoms with Crippen LogP contribution < -0.4 is 11.5 Å². The molecule has 5 rings (SSSR count). The molecule has 0 aliphatic heterocycles. The topological polar surface area (TPSA) is 123 Å². The van der Waals surface area contributed by atoms with Gasteiger partial charge in [-0.25, -0.2) is 4.98 Å². The van der Waals surface area contributed by atoms with E-state index in [4.69, 9.17) is 11.5 Å². The summed E-state index contributed by atoms with van der Waals surface area (Å²) < 4.78 is 2.12. The molecule has 0 bridgehead atoms. The number of fused-ring (bicyclic) bond motifs is 2. The van der Waals surface area contributed by atoms with Crippen molar-refractivity contribution in [3.8, 4) is 0 Å². The standard InChI is InChI=1S/C33H36N6O2/c1-19(33(41)38(4)18-28-20(2)37-29-12-8-6-10-24(28)29)26-15-22(17-36-31(26)34)14-23(32(35)40)16-27-21(3)39(5)30-13-9-7-11-25(27)30/h6-15,17,19,37H,16,18H2,1-5H3,(H2,34,36)(H2,35,40)/b23-14+. The molecule has 0 radical (unpaired) electrons. The number of nitrogens with two attached hydrogens (primary N) is 2. The van der Waals surface area contributed by atoms with E-state index in [-0.39, 0.29) is 11.7 Å². The van der Waals surface area contributed by atoms with E-state index < -0.39 is 11.8 Å². The Kier molecular flexibility index (Phi) is 7.41. The first-order valence-electron chi connectivity index (χ1n) is 13.7. The van der Waals surface area contributed by atoms with Crippen LogP contribution in [0.3, 0.4) is 0 Å². The van der Waals surface area contributed by atoms with Crippen LogP contribution >= 0.6 is 0 Å². The summed E-state index contributed by atoms with van der Waals surface area (Å²) in [5.41, 5.74) is 20.2. The van der Waals surface area contributed by atoms with Gasteiger partial charge in [-0.1, -0.05) is 36.4 Å². The van der Waals surface area contributed by atoms with Crippen molar-refractivity contribution >= 4 is 45.5 Å². The minimum absolute atomic E-state index is 0.0779. The second-order valence-corrected chi connectivity index (χ2v) is 10.8. The zero-order valence-corrected chi connectivity index (χ0v) is 24.2. The van der Waals surface area contributed by atoms with Crippen LogP contribution in [0.4, 0.5) is 5.82 Å². The minimum Gasteiger partial charge on any atom is -0.383 e. The van der Waals surface area contributed by atoms with Crippen LogP contribution in [0.2, 0.25) is 0 Å². The predicted molar refractivity (Wildman–Crippen MR) is 165 cm³/mol. The van der Waals surface area contributed by atoms with Gasteiger partial charge in [-0.15, -0.1) is 0 Å². The molecule has 0 aliphatic rings. The molecule has 8 heteroatoms. The number of aromatic amines is 1. The van der Waals surface area contributed by atoms with E-state index in [1.165, 1.54) is 0 Å². The third-order valence-corrected chi connectivity index (χ3v) is 8.16. The molecule has 1 unspecified atom stereocenters. The molecule has 2 aromatic carbocycles. The number of carbonyl (C=O) groups is 2. The average Bonchev–Trinajstić information content (AvgIpc) is 3.40. The molecule has 0 spiro atoms. The Bertz CT molecular complexity index is 1830. The largest absolute Gasteiger partial charge is 0.383 e. The van der Waals surface area contributed by atoms with Crippen LogP contribution in [0.1, 0.15) is 46.5 Å².